The Morgan fingerprint density at radius 1 is 1.22 bits per heavy atom. The number of nitrogens with two attached hydrogens (primary N) is 1. The number of carbonyl (C=O) groups is 1. The minimum absolute atomic E-state index is 0.0451. The molecule has 5 N–H and O–H groups in total. The van der Waals surface area contributed by atoms with Crippen LogP contribution in [0.5, 0.6) is 11.5 Å². The van der Waals surface area contributed by atoms with E-state index in [0.29, 0.717) is 5.56 Å². The fourth-order valence-electron chi connectivity index (χ4n) is 1.52. The monoisotopic (exact) mass is 374 g/mol. The van der Waals surface area contributed by atoms with E-state index in [0.717, 1.165) is 0 Å². The van der Waals surface area contributed by atoms with E-state index in [-0.39, 0.29) is 38.1 Å². The zero-order valence-electron chi connectivity index (χ0n) is 11.2. The van der Waals surface area contributed by atoms with Crippen molar-refractivity contribution in [3.8, 4) is 11.5 Å². The molecule has 0 bridgehead atoms. The van der Waals surface area contributed by atoms with E-state index >= 15 is 0 Å². The molecule has 0 aliphatic heterocycles. The first-order valence-electron chi connectivity index (χ1n) is 5.96. The Bertz CT molecular complexity index is 812. The van der Waals surface area contributed by atoms with Crippen molar-refractivity contribution in [2.75, 3.05) is 5.73 Å². The summed E-state index contributed by atoms with van der Waals surface area (Å²) in [6, 6.07) is 4.01. The molecule has 1 heterocycles. The lowest BCUT2D eigenvalue weighted by atomic mass is 10.2. The molecule has 0 radical (unpaired) electrons. The van der Waals surface area contributed by atoms with Gasteiger partial charge in [0.15, 0.2) is 22.3 Å². The quantitative estimate of drug-likeness (QED) is 0.284. The Labute approximate surface area is 145 Å². The van der Waals surface area contributed by atoms with Crippen molar-refractivity contribution in [2.24, 2.45) is 5.10 Å². The number of hydrogen-bond donors (Lipinski definition) is 4. The van der Waals surface area contributed by atoms with E-state index in [1.54, 1.807) is 0 Å². The predicted octanol–water partition coefficient (Wildman–Crippen LogP) is 2.80. The highest BCUT2D eigenvalue weighted by Gasteiger charge is 2.19. The van der Waals surface area contributed by atoms with Crippen LogP contribution in [0.15, 0.2) is 23.3 Å². The van der Waals surface area contributed by atoms with Crippen molar-refractivity contribution in [1.29, 1.82) is 0 Å². The van der Waals surface area contributed by atoms with Gasteiger partial charge in [-0.25, -0.2) is 10.4 Å². The van der Waals surface area contributed by atoms with E-state index in [4.69, 9.17) is 40.5 Å². The van der Waals surface area contributed by atoms with Crippen molar-refractivity contribution >= 4 is 52.6 Å². The minimum atomic E-state index is -0.750. The first kappa shape index (κ1) is 17.1. The van der Waals surface area contributed by atoms with Crippen LogP contribution in [0.4, 0.5) is 5.69 Å². The number of carbonyl (C=O) groups excluding carboxylic acids is 1. The number of amides is 1. The summed E-state index contributed by atoms with van der Waals surface area (Å²) in [7, 11) is 0. The van der Waals surface area contributed by atoms with Crippen molar-refractivity contribution in [2.45, 2.75) is 0 Å². The number of nitrogens with one attached hydrogen (secondary N) is 1. The number of hydrazone groups is 1. The molecule has 7 nitrogen and oxygen atoms in total. The van der Waals surface area contributed by atoms with Crippen LogP contribution in [0.3, 0.4) is 0 Å². The van der Waals surface area contributed by atoms with Crippen molar-refractivity contribution in [1.82, 2.24) is 10.4 Å². The number of phenols is 2. The summed E-state index contributed by atoms with van der Waals surface area (Å²) in [6.07, 6.45) is 1.24. The summed E-state index contributed by atoms with van der Waals surface area (Å²) in [4.78, 5) is 15.7. The number of anilines is 1. The normalized spacial score (nSPS) is 10.9. The molecular formula is C13H9Cl3N4O3. The maximum atomic E-state index is 12.0. The molecule has 0 atom stereocenters. The zero-order valence-corrected chi connectivity index (χ0v) is 13.5. The third kappa shape index (κ3) is 3.76. The average molecular weight is 376 g/mol. The van der Waals surface area contributed by atoms with E-state index in [9.17, 15) is 15.0 Å². The summed E-state index contributed by atoms with van der Waals surface area (Å²) in [5.41, 5.74) is 7.93. The van der Waals surface area contributed by atoms with Gasteiger partial charge < -0.3 is 15.9 Å². The number of aromatic hydroxyl groups is 2. The van der Waals surface area contributed by atoms with Crippen LogP contribution in [0.2, 0.25) is 15.2 Å². The number of aromatic nitrogens is 1. The van der Waals surface area contributed by atoms with Crippen LogP contribution in [0.25, 0.3) is 0 Å². The highest BCUT2D eigenvalue weighted by molar-refractivity contribution is 6.46. The highest BCUT2D eigenvalue weighted by Crippen LogP contribution is 2.34. The molecule has 0 unspecified atom stereocenters. The molecule has 23 heavy (non-hydrogen) atoms. The van der Waals surface area contributed by atoms with E-state index in [2.05, 4.69) is 15.5 Å². The Balaban J connectivity index is 2.17. The molecule has 10 heteroatoms. The van der Waals surface area contributed by atoms with E-state index in [1.165, 1.54) is 24.4 Å². The van der Waals surface area contributed by atoms with Crippen molar-refractivity contribution < 1.29 is 15.0 Å². The van der Waals surface area contributed by atoms with E-state index in [1.807, 2.05) is 0 Å². The predicted molar refractivity (Wildman–Crippen MR) is 88.5 cm³/mol. The summed E-state index contributed by atoms with van der Waals surface area (Å²) in [6.45, 7) is 0. The van der Waals surface area contributed by atoms with Gasteiger partial charge in [-0.05, 0) is 23.8 Å². The van der Waals surface area contributed by atoms with Crippen molar-refractivity contribution in [3.05, 3.63) is 44.7 Å². The number of phenolic OH excluding ortho intramolecular Hbond substituents is 2. The number of halogens is 3. The number of rotatable bonds is 3. The fraction of sp³-hybridized carbons (Fsp3) is 0. The number of nitrogen functional groups attached to an aromatic ring is 1. The lowest BCUT2D eigenvalue weighted by molar-refractivity contribution is 0.0950. The smallest absolute Gasteiger partial charge is 0.291 e. The van der Waals surface area contributed by atoms with Crippen molar-refractivity contribution in [3.63, 3.8) is 0 Å². The Morgan fingerprint density at radius 3 is 2.57 bits per heavy atom. The van der Waals surface area contributed by atoms with Gasteiger partial charge in [-0.15, -0.1) is 0 Å². The summed E-state index contributed by atoms with van der Waals surface area (Å²) >= 11 is 17.4. The van der Waals surface area contributed by atoms with Crippen LogP contribution in [-0.4, -0.2) is 27.3 Å². The maximum absolute atomic E-state index is 12.0. The molecule has 2 aromatic rings. The molecule has 1 aromatic heterocycles. The second-order valence-corrected chi connectivity index (χ2v) is 5.35. The average Bonchev–Trinajstić information content (AvgIpc) is 2.52. The van der Waals surface area contributed by atoms with Gasteiger partial charge >= 0.3 is 0 Å². The second-order valence-electron chi connectivity index (χ2n) is 4.24. The van der Waals surface area contributed by atoms with Gasteiger partial charge in [0.1, 0.15) is 5.02 Å². The van der Waals surface area contributed by atoms with Gasteiger partial charge in [0.05, 0.1) is 16.9 Å². The zero-order chi connectivity index (χ0) is 17.1. The molecule has 0 fully saturated rings. The number of pyridine rings is 1. The highest BCUT2D eigenvalue weighted by atomic mass is 35.5. The fourth-order valence-corrected chi connectivity index (χ4v) is 2.11. The number of benzene rings is 1. The molecule has 2 rings (SSSR count). The van der Waals surface area contributed by atoms with Gasteiger partial charge in [-0.1, -0.05) is 34.8 Å². The van der Waals surface area contributed by atoms with Gasteiger partial charge in [0, 0.05) is 0 Å². The second kappa shape index (κ2) is 6.91. The molecule has 120 valence electrons. The topological polar surface area (TPSA) is 121 Å². The molecule has 1 aromatic carbocycles. The molecule has 0 aliphatic carbocycles. The van der Waals surface area contributed by atoms with Gasteiger partial charge in [-0.2, -0.15) is 5.10 Å². The lowest BCUT2D eigenvalue weighted by Gasteiger charge is -2.07. The molecule has 0 saturated heterocycles. The van der Waals surface area contributed by atoms with E-state index < -0.39 is 5.91 Å². The summed E-state index contributed by atoms with van der Waals surface area (Å²) < 4.78 is 0. The SMILES string of the molecule is Nc1c(Cl)c(Cl)nc(C(=O)N/N=C/c2ccc(O)c(O)c2)c1Cl. The molecular weight excluding hydrogens is 367 g/mol. The van der Waals surface area contributed by atoms with Gasteiger partial charge in [-0.3, -0.25) is 4.79 Å². The molecule has 0 aliphatic rings. The van der Waals surface area contributed by atoms with Gasteiger partial charge in [0.25, 0.3) is 5.91 Å². The van der Waals surface area contributed by atoms with Crippen LogP contribution in [0, 0.1) is 0 Å². The molecule has 0 saturated carbocycles. The van der Waals surface area contributed by atoms with Gasteiger partial charge in [0.2, 0.25) is 0 Å². The number of hydrogen-bond acceptors (Lipinski definition) is 6. The maximum Gasteiger partial charge on any atom is 0.291 e. The summed E-state index contributed by atoms with van der Waals surface area (Å²) in [5.74, 6) is -1.34. The minimum Gasteiger partial charge on any atom is -0.504 e. The largest absolute Gasteiger partial charge is 0.504 e. The molecule has 0 spiro atoms. The third-order valence-electron chi connectivity index (χ3n) is 2.67. The molecule has 1 amide bonds. The Kier molecular flexibility index (Phi) is 5.15. The van der Waals surface area contributed by atoms with Crippen LogP contribution >= 0.6 is 34.8 Å². The standard InChI is InChI=1S/C13H9Cl3N4O3/c14-8-10(17)9(15)12(16)19-11(8)13(23)20-18-4-5-1-2-6(21)7(22)3-5/h1-4,21-22H,(H2,17,19)(H,20,23)/b18-4+. The first-order valence-corrected chi connectivity index (χ1v) is 7.10. The first-order chi connectivity index (χ1) is 10.8. The Morgan fingerprint density at radius 2 is 1.91 bits per heavy atom. The number of nitrogens with zero attached hydrogens (tertiary/aromatic N) is 2. The van der Waals surface area contributed by atoms with Crippen LogP contribution in [-0.2, 0) is 0 Å². The van der Waals surface area contributed by atoms with Crippen LogP contribution < -0.4 is 11.2 Å². The Hall–Kier alpha value is -2.22. The third-order valence-corrected chi connectivity index (χ3v) is 3.80. The summed E-state index contributed by atoms with van der Waals surface area (Å²) in [5, 5.41) is 21.9. The van der Waals surface area contributed by atoms with Crippen LogP contribution in [0.1, 0.15) is 16.1 Å². The lowest BCUT2D eigenvalue weighted by Crippen LogP contribution is -2.20.